The molecule has 0 saturated heterocycles. The van der Waals surface area contributed by atoms with E-state index < -0.39 is 0 Å². The third-order valence-corrected chi connectivity index (χ3v) is 4.81. The summed E-state index contributed by atoms with van der Waals surface area (Å²) in [4.78, 5) is 23.9. The van der Waals surface area contributed by atoms with Gasteiger partial charge in [0.2, 0.25) is 0 Å². The van der Waals surface area contributed by atoms with E-state index in [9.17, 15) is 9.59 Å². The summed E-state index contributed by atoms with van der Waals surface area (Å²) < 4.78 is 5.88. The van der Waals surface area contributed by atoms with Gasteiger partial charge in [0.05, 0.1) is 17.7 Å². The van der Waals surface area contributed by atoms with Crippen LogP contribution in [0.5, 0.6) is 5.75 Å². The normalized spacial score (nSPS) is 13.0. The number of aryl methyl sites for hydroxylation is 1. The van der Waals surface area contributed by atoms with Gasteiger partial charge in [-0.05, 0) is 59.9 Å². The van der Waals surface area contributed by atoms with Gasteiger partial charge in [-0.15, -0.1) is 0 Å². The molecule has 0 unspecified atom stereocenters. The van der Waals surface area contributed by atoms with Gasteiger partial charge in [-0.1, -0.05) is 36.4 Å². The molecule has 0 atom stereocenters. The molecule has 130 valence electrons. The molecule has 1 aliphatic heterocycles. The molecule has 3 aromatic carbocycles. The van der Waals surface area contributed by atoms with E-state index in [1.165, 1.54) is 5.39 Å². The summed E-state index contributed by atoms with van der Waals surface area (Å²) >= 11 is 0. The average molecular weight is 345 g/mol. The zero-order valence-electron chi connectivity index (χ0n) is 14.5. The van der Waals surface area contributed by atoms with E-state index in [0.29, 0.717) is 24.2 Å². The van der Waals surface area contributed by atoms with Crippen LogP contribution in [0, 0.1) is 6.92 Å². The van der Waals surface area contributed by atoms with E-state index in [4.69, 9.17) is 4.74 Å². The van der Waals surface area contributed by atoms with Gasteiger partial charge in [0.25, 0.3) is 11.8 Å². The topological polar surface area (TPSA) is 55.4 Å². The monoisotopic (exact) mass is 345 g/mol. The second-order valence-corrected chi connectivity index (χ2v) is 6.53. The van der Waals surface area contributed by atoms with E-state index >= 15 is 0 Å². The number of hydrogen-bond donors (Lipinski definition) is 1. The van der Waals surface area contributed by atoms with Gasteiger partial charge < -0.3 is 4.74 Å². The third kappa shape index (κ3) is 2.94. The van der Waals surface area contributed by atoms with E-state index in [1.54, 1.807) is 6.07 Å². The largest absolute Gasteiger partial charge is 0.494 e. The highest BCUT2D eigenvalue weighted by Crippen LogP contribution is 2.25. The number of amides is 2. The maximum atomic E-state index is 12.1. The first-order valence-corrected chi connectivity index (χ1v) is 8.73. The summed E-state index contributed by atoms with van der Waals surface area (Å²) in [5, 5.41) is 4.71. The zero-order valence-corrected chi connectivity index (χ0v) is 14.5. The van der Waals surface area contributed by atoms with Gasteiger partial charge in [-0.25, -0.2) is 0 Å². The maximum absolute atomic E-state index is 12.1. The Balaban J connectivity index is 1.44. The summed E-state index contributed by atoms with van der Waals surface area (Å²) in [6.07, 6.45) is 1.47. The molecular formula is C22H19NO3. The predicted molar refractivity (Wildman–Crippen MR) is 101 cm³/mol. The van der Waals surface area contributed by atoms with Crippen LogP contribution in [0.2, 0.25) is 0 Å². The molecule has 26 heavy (non-hydrogen) atoms. The van der Waals surface area contributed by atoms with Crippen molar-refractivity contribution < 1.29 is 14.3 Å². The average Bonchev–Trinajstić information content (AvgIpc) is 2.94. The second kappa shape index (κ2) is 6.64. The number of benzene rings is 3. The van der Waals surface area contributed by atoms with Crippen molar-refractivity contribution in [3.8, 4) is 5.75 Å². The summed E-state index contributed by atoms with van der Waals surface area (Å²) in [5.74, 6) is 0.240. The standard InChI is InChI=1S/C22H19NO3/c1-14-8-11-19-20(22(25)23-21(19)24)18(14)7-4-12-26-17-10-9-15-5-2-3-6-16(15)13-17/h2-3,5-6,8-11,13H,4,7,12H2,1H3,(H,23,24,25). The number of rotatable bonds is 5. The van der Waals surface area contributed by atoms with E-state index in [1.807, 2.05) is 37.3 Å². The molecule has 4 heteroatoms. The first-order valence-electron chi connectivity index (χ1n) is 8.73. The van der Waals surface area contributed by atoms with Crippen molar-refractivity contribution in [1.29, 1.82) is 0 Å². The van der Waals surface area contributed by atoms with Crippen LogP contribution < -0.4 is 10.1 Å². The highest BCUT2D eigenvalue weighted by atomic mass is 16.5. The fourth-order valence-electron chi connectivity index (χ4n) is 3.45. The second-order valence-electron chi connectivity index (χ2n) is 6.53. The van der Waals surface area contributed by atoms with Crippen LogP contribution in [0.15, 0.2) is 54.6 Å². The smallest absolute Gasteiger partial charge is 0.259 e. The van der Waals surface area contributed by atoms with Crippen LogP contribution >= 0.6 is 0 Å². The van der Waals surface area contributed by atoms with Gasteiger partial charge in [0.1, 0.15) is 5.75 Å². The number of fused-ring (bicyclic) bond motifs is 2. The Hall–Kier alpha value is -3.14. The van der Waals surface area contributed by atoms with Crippen LogP contribution in [0.3, 0.4) is 0 Å². The predicted octanol–water partition coefficient (Wildman–Crippen LogP) is 4.04. The molecule has 0 aliphatic carbocycles. The molecule has 0 saturated carbocycles. The molecule has 0 radical (unpaired) electrons. The highest BCUT2D eigenvalue weighted by Gasteiger charge is 2.29. The van der Waals surface area contributed by atoms with Crippen LogP contribution in [-0.2, 0) is 6.42 Å². The Labute approximate surface area is 151 Å². The lowest BCUT2D eigenvalue weighted by Crippen LogP contribution is -2.20. The molecule has 3 aromatic rings. The van der Waals surface area contributed by atoms with E-state index in [2.05, 4.69) is 23.5 Å². The van der Waals surface area contributed by atoms with Crippen LogP contribution in [0.1, 0.15) is 38.3 Å². The van der Waals surface area contributed by atoms with Crippen molar-refractivity contribution in [2.75, 3.05) is 6.61 Å². The number of nitrogens with one attached hydrogen (secondary N) is 1. The lowest BCUT2D eigenvalue weighted by molar-refractivity contribution is 0.0879. The van der Waals surface area contributed by atoms with Crippen molar-refractivity contribution in [3.05, 3.63) is 76.9 Å². The maximum Gasteiger partial charge on any atom is 0.259 e. The minimum absolute atomic E-state index is 0.292. The number of hydrogen-bond acceptors (Lipinski definition) is 3. The molecule has 0 aromatic heterocycles. The Morgan fingerprint density at radius 1 is 0.923 bits per heavy atom. The van der Waals surface area contributed by atoms with Crippen LogP contribution in [0.25, 0.3) is 10.8 Å². The lowest BCUT2D eigenvalue weighted by Gasteiger charge is -2.11. The molecule has 2 amide bonds. The van der Waals surface area contributed by atoms with Crippen molar-refractivity contribution in [3.63, 3.8) is 0 Å². The first-order chi connectivity index (χ1) is 12.6. The number of ether oxygens (including phenoxy) is 1. The first kappa shape index (κ1) is 16.3. The number of imide groups is 1. The molecule has 1 heterocycles. The SMILES string of the molecule is Cc1ccc2c(c1CCCOc1ccc3ccccc3c1)C(=O)NC2=O. The van der Waals surface area contributed by atoms with Crippen molar-refractivity contribution in [2.24, 2.45) is 0 Å². The van der Waals surface area contributed by atoms with Crippen LogP contribution in [-0.4, -0.2) is 18.4 Å². The van der Waals surface area contributed by atoms with Crippen molar-refractivity contribution in [1.82, 2.24) is 5.32 Å². The summed E-state index contributed by atoms with van der Waals surface area (Å²) in [6.45, 7) is 2.52. The van der Waals surface area contributed by atoms with Crippen molar-refractivity contribution >= 4 is 22.6 Å². The summed E-state index contributed by atoms with van der Waals surface area (Å²) in [5.41, 5.74) is 2.97. The lowest BCUT2D eigenvalue weighted by atomic mass is 9.94. The zero-order chi connectivity index (χ0) is 18.1. The molecule has 0 fully saturated rings. The van der Waals surface area contributed by atoms with Gasteiger partial charge >= 0.3 is 0 Å². The van der Waals surface area contributed by atoms with Crippen LogP contribution in [0.4, 0.5) is 0 Å². The Kier molecular flexibility index (Phi) is 4.17. The molecule has 4 rings (SSSR count). The fourth-order valence-corrected chi connectivity index (χ4v) is 3.45. The minimum atomic E-state index is -0.307. The highest BCUT2D eigenvalue weighted by molar-refractivity contribution is 6.22. The third-order valence-electron chi connectivity index (χ3n) is 4.81. The molecular weight excluding hydrogens is 326 g/mol. The molecule has 0 bridgehead atoms. The molecule has 4 nitrogen and oxygen atoms in total. The van der Waals surface area contributed by atoms with E-state index in [-0.39, 0.29) is 11.8 Å². The quantitative estimate of drug-likeness (QED) is 0.561. The Morgan fingerprint density at radius 2 is 1.73 bits per heavy atom. The summed E-state index contributed by atoms with van der Waals surface area (Å²) in [7, 11) is 0. The fraction of sp³-hybridized carbons (Fsp3) is 0.182. The van der Waals surface area contributed by atoms with E-state index in [0.717, 1.165) is 28.7 Å². The molecule has 0 spiro atoms. The van der Waals surface area contributed by atoms with Gasteiger partial charge in [-0.3, -0.25) is 14.9 Å². The molecule has 1 N–H and O–H groups in total. The van der Waals surface area contributed by atoms with Gasteiger partial charge in [-0.2, -0.15) is 0 Å². The van der Waals surface area contributed by atoms with Crippen molar-refractivity contribution in [2.45, 2.75) is 19.8 Å². The number of carbonyl (C=O) groups excluding carboxylic acids is 2. The minimum Gasteiger partial charge on any atom is -0.494 e. The van der Waals surface area contributed by atoms with Gasteiger partial charge in [0, 0.05) is 0 Å². The van der Waals surface area contributed by atoms with Gasteiger partial charge in [0.15, 0.2) is 0 Å². The number of carbonyl (C=O) groups is 2. The Morgan fingerprint density at radius 3 is 2.58 bits per heavy atom. The Bertz CT molecular complexity index is 1020. The molecule has 1 aliphatic rings. The summed E-state index contributed by atoms with van der Waals surface area (Å²) in [6, 6.07) is 17.8.